The van der Waals surface area contributed by atoms with Crippen molar-refractivity contribution < 1.29 is 9.32 Å². The van der Waals surface area contributed by atoms with Gasteiger partial charge in [0.2, 0.25) is 11.7 Å². The van der Waals surface area contributed by atoms with Gasteiger partial charge < -0.3 is 9.42 Å². The van der Waals surface area contributed by atoms with Crippen molar-refractivity contribution in [1.29, 1.82) is 0 Å². The highest BCUT2D eigenvalue weighted by Gasteiger charge is 2.34. The van der Waals surface area contributed by atoms with Crippen LogP contribution in [0.15, 0.2) is 53.1 Å². The predicted molar refractivity (Wildman–Crippen MR) is 108 cm³/mol. The monoisotopic (exact) mass is 395 g/mol. The van der Waals surface area contributed by atoms with Crippen LogP contribution in [0.4, 0.5) is 0 Å². The van der Waals surface area contributed by atoms with Crippen molar-refractivity contribution >= 4 is 17.5 Å². The van der Waals surface area contributed by atoms with Gasteiger partial charge in [0.1, 0.15) is 6.04 Å². The van der Waals surface area contributed by atoms with Gasteiger partial charge in [0.25, 0.3) is 5.91 Å². The number of benzene rings is 2. The fraction of sp³-hybridized carbons (Fsp3) is 0.318. The summed E-state index contributed by atoms with van der Waals surface area (Å²) in [7, 11) is 0. The Morgan fingerprint density at radius 3 is 2.64 bits per heavy atom. The average molecular weight is 396 g/mol. The van der Waals surface area contributed by atoms with Crippen LogP contribution in [0.2, 0.25) is 5.02 Å². The summed E-state index contributed by atoms with van der Waals surface area (Å²) >= 11 is 6.24. The van der Waals surface area contributed by atoms with Crippen LogP contribution in [0.3, 0.4) is 0 Å². The molecule has 1 aromatic heterocycles. The van der Waals surface area contributed by atoms with Crippen molar-refractivity contribution in [3.63, 3.8) is 0 Å². The average Bonchev–Trinajstić information content (AvgIpc) is 3.37. The molecule has 1 fully saturated rings. The molecular weight excluding hydrogens is 374 g/mol. The maximum Gasteiger partial charge on any atom is 0.254 e. The van der Waals surface area contributed by atoms with Gasteiger partial charge >= 0.3 is 0 Å². The number of carbonyl (C=O) groups is 1. The van der Waals surface area contributed by atoms with Crippen LogP contribution >= 0.6 is 11.6 Å². The second-order valence-corrected chi connectivity index (χ2v) is 7.78. The standard InChI is InChI=1S/C22H22ClN3O2/c1-14(2)15-9-11-16(12-10-15)22(27)26-13-5-8-19(26)21-24-20(25-28-21)17-6-3-4-7-18(17)23/h3-4,6-7,9-12,14,19H,5,8,13H2,1-2H3/t19-/m1/s1. The van der Waals surface area contributed by atoms with Crippen LogP contribution < -0.4 is 0 Å². The Hall–Kier alpha value is -2.66. The molecule has 0 radical (unpaired) electrons. The van der Waals surface area contributed by atoms with Crippen LogP contribution in [0, 0.1) is 0 Å². The van der Waals surface area contributed by atoms with Gasteiger partial charge in [-0.25, -0.2) is 0 Å². The lowest BCUT2D eigenvalue weighted by Crippen LogP contribution is -2.30. The SMILES string of the molecule is CC(C)c1ccc(C(=O)N2CCC[C@@H]2c2nc(-c3ccccc3Cl)no2)cc1. The molecular formula is C22H22ClN3O2. The molecule has 4 rings (SSSR count). The Kier molecular flexibility index (Phi) is 5.18. The Bertz CT molecular complexity index is 981. The third kappa shape index (κ3) is 3.54. The molecule has 0 saturated carbocycles. The number of aromatic nitrogens is 2. The molecule has 3 aromatic rings. The molecule has 5 nitrogen and oxygen atoms in total. The molecule has 28 heavy (non-hydrogen) atoms. The summed E-state index contributed by atoms with van der Waals surface area (Å²) in [4.78, 5) is 19.4. The maximum atomic E-state index is 13.1. The van der Waals surface area contributed by atoms with Gasteiger partial charge in [0.05, 0.1) is 5.02 Å². The number of halogens is 1. The van der Waals surface area contributed by atoms with E-state index in [2.05, 4.69) is 24.0 Å². The van der Waals surface area contributed by atoms with E-state index < -0.39 is 0 Å². The molecule has 144 valence electrons. The first kappa shape index (κ1) is 18.7. The highest BCUT2D eigenvalue weighted by molar-refractivity contribution is 6.33. The molecule has 0 spiro atoms. The lowest BCUT2D eigenvalue weighted by molar-refractivity contribution is 0.0710. The van der Waals surface area contributed by atoms with Crippen LogP contribution in [0.1, 0.15) is 60.5 Å². The summed E-state index contributed by atoms with van der Waals surface area (Å²) < 4.78 is 5.51. The molecule has 1 amide bonds. The largest absolute Gasteiger partial charge is 0.337 e. The van der Waals surface area contributed by atoms with Gasteiger partial charge in [-0.2, -0.15) is 4.98 Å². The number of carbonyl (C=O) groups excluding carboxylic acids is 1. The van der Waals surface area contributed by atoms with Gasteiger partial charge in [-0.05, 0) is 48.6 Å². The molecule has 1 aliphatic rings. The minimum Gasteiger partial charge on any atom is -0.337 e. The summed E-state index contributed by atoms with van der Waals surface area (Å²) in [6, 6.07) is 15.0. The molecule has 1 atom stereocenters. The van der Waals surface area contributed by atoms with E-state index in [0.29, 0.717) is 34.8 Å². The van der Waals surface area contributed by atoms with Gasteiger partial charge in [0, 0.05) is 17.7 Å². The van der Waals surface area contributed by atoms with Crippen molar-refractivity contribution in [2.75, 3.05) is 6.54 Å². The zero-order valence-electron chi connectivity index (χ0n) is 15.9. The summed E-state index contributed by atoms with van der Waals surface area (Å²) in [6.07, 6.45) is 1.71. The molecule has 0 bridgehead atoms. The topological polar surface area (TPSA) is 59.2 Å². The molecule has 2 heterocycles. The molecule has 0 N–H and O–H groups in total. The minimum absolute atomic E-state index is 0.00435. The van der Waals surface area contributed by atoms with Crippen LogP contribution in [-0.2, 0) is 0 Å². The first-order valence-corrected chi connectivity index (χ1v) is 9.92. The van der Waals surface area contributed by atoms with E-state index in [0.717, 1.165) is 18.4 Å². The zero-order valence-corrected chi connectivity index (χ0v) is 16.7. The lowest BCUT2D eigenvalue weighted by atomic mass is 10.0. The smallest absolute Gasteiger partial charge is 0.254 e. The van der Waals surface area contributed by atoms with E-state index in [-0.39, 0.29) is 11.9 Å². The van der Waals surface area contributed by atoms with Gasteiger partial charge in [-0.15, -0.1) is 0 Å². The van der Waals surface area contributed by atoms with Gasteiger partial charge in [0.15, 0.2) is 0 Å². The summed E-state index contributed by atoms with van der Waals surface area (Å²) in [5, 5.41) is 4.65. The molecule has 0 aliphatic carbocycles. The highest BCUT2D eigenvalue weighted by atomic mass is 35.5. The van der Waals surface area contributed by atoms with Crippen molar-refractivity contribution in [3.8, 4) is 11.4 Å². The van der Waals surface area contributed by atoms with Crippen molar-refractivity contribution in [2.45, 2.75) is 38.6 Å². The molecule has 6 heteroatoms. The quantitative estimate of drug-likeness (QED) is 0.586. The Morgan fingerprint density at radius 2 is 1.93 bits per heavy atom. The van der Waals surface area contributed by atoms with Crippen molar-refractivity contribution in [1.82, 2.24) is 15.0 Å². The number of likely N-dealkylation sites (tertiary alicyclic amines) is 1. The third-order valence-electron chi connectivity index (χ3n) is 5.18. The second kappa shape index (κ2) is 7.76. The first-order chi connectivity index (χ1) is 13.5. The number of rotatable bonds is 4. The fourth-order valence-electron chi connectivity index (χ4n) is 3.57. The minimum atomic E-state index is -0.207. The Labute approximate surface area is 169 Å². The van der Waals surface area contributed by atoms with E-state index >= 15 is 0 Å². The van der Waals surface area contributed by atoms with Crippen molar-refractivity contribution in [2.24, 2.45) is 0 Å². The van der Waals surface area contributed by atoms with E-state index in [1.807, 2.05) is 47.4 Å². The molecule has 0 unspecified atom stereocenters. The molecule has 1 aliphatic heterocycles. The van der Waals surface area contributed by atoms with Crippen LogP contribution in [-0.4, -0.2) is 27.5 Å². The number of hydrogen-bond acceptors (Lipinski definition) is 4. The Morgan fingerprint density at radius 1 is 1.18 bits per heavy atom. The summed E-state index contributed by atoms with van der Waals surface area (Å²) in [5.41, 5.74) is 2.62. The number of nitrogens with zero attached hydrogens (tertiary/aromatic N) is 3. The molecule has 2 aromatic carbocycles. The molecule has 1 saturated heterocycles. The zero-order chi connectivity index (χ0) is 19.7. The fourth-order valence-corrected chi connectivity index (χ4v) is 3.79. The van der Waals surface area contributed by atoms with Crippen LogP contribution in [0.5, 0.6) is 0 Å². The maximum absolute atomic E-state index is 13.1. The van der Waals surface area contributed by atoms with E-state index in [1.165, 1.54) is 5.56 Å². The summed E-state index contributed by atoms with van der Waals surface area (Å²) in [5.74, 6) is 1.33. The van der Waals surface area contributed by atoms with E-state index in [1.54, 1.807) is 6.07 Å². The third-order valence-corrected chi connectivity index (χ3v) is 5.51. The first-order valence-electron chi connectivity index (χ1n) is 9.54. The predicted octanol–water partition coefficient (Wildman–Crippen LogP) is 5.49. The summed E-state index contributed by atoms with van der Waals surface area (Å²) in [6.45, 7) is 4.96. The van der Waals surface area contributed by atoms with Gasteiger partial charge in [-0.3, -0.25) is 4.79 Å². The second-order valence-electron chi connectivity index (χ2n) is 7.37. The number of hydrogen-bond donors (Lipinski definition) is 0. The van der Waals surface area contributed by atoms with E-state index in [9.17, 15) is 4.79 Å². The highest BCUT2D eigenvalue weighted by Crippen LogP contribution is 2.34. The van der Waals surface area contributed by atoms with Gasteiger partial charge in [-0.1, -0.05) is 54.9 Å². The normalized spacial score (nSPS) is 16.7. The van der Waals surface area contributed by atoms with Crippen molar-refractivity contribution in [3.05, 3.63) is 70.6 Å². The number of amides is 1. The van der Waals surface area contributed by atoms with Crippen LogP contribution in [0.25, 0.3) is 11.4 Å². The Balaban J connectivity index is 1.57. The van der Waals surface area contributed by atoms with E-state index in [4.69, 9.17) is 16.1 Å². The lowest BCUT2D eigenvalue weighted by Gasteiger charge is -2.22.